The zero-order valence-electron chi connectivity index (χ0n) is 12.1. The van der Waals surface area contributed by atoms with Crippen LogP contribution in [-0.2, 0) is 11.2 Å². The van der Waals surface area contributed by atoms with Gasteiger partial charge in [0.2, 0.25) is 5.91 Å². The van der Waals surface area contributed by atoms with E-state index in [1.165, 1.54) is 0 Å². The first-order valence-corrected chi connectivity index (χ1v) is 7.33. The Hall–Kier alpha value is -0.970. The van der Waals surface area contributed by atoms with E-state index in [-0.39, 0.29) is 36.8 Å². The second-order valence-electron chi connectivity index (χ2n) is 5.31. The van der Waals surface area contributed by atoms with E-state index in [0.717, 1.165) is 31.2 Å². The predicted molar refractivity (Wildman–Crippen MR) is 87.3 cm³/mol. The molecule has 0 aliphatic heterocycles. The number of halogens is 2. The maximum Gasteiger partial charge on any atom is 0.224 e. The van der Waals surface area contributed by atoms with Crippen molar-refractivity contribution in [1.82, 2.24) is 5.32 Å². The summed E-state index contributed by atoms with van der Waals surface area (Å²) in [6.45, 7) is 0. The third-order valence-corrected chi connectivity index (χ3v) is 3.97. The van der Waals surface area contributed by atoms with E-state index in [1.807, 2.05) is 0 Å². The molecule has 0 aromatic heterocycles. The molecule has 0 bridgehead atoms. The number of ether oxygens (including phenoxy) is 1. The Morgan fingerprint density at radius 2 is 2.05 bits per heavy atom. The fourth-order valence-corrected chi connectivity index (χ4v) is 2.80. The Bertz CT molecular complexity index is 475. The average Bonchev–Trinajstić information content (AvgIpc) is 2.41. The summed E-state index contributed by atoms with van der Waals surface area (Å²) in [6, 6.07) is 5.84. The van der Waals surface area contributed by atoms with E-state index in [0.29, 0.717) is 10.8 Å². The van der Waals surface area contributed by atoms with Gasteiger partial charge in [-0.05, 0) is 43.9 Å². The molecule has 1 fully saturated rings. The van der Waals surface area contributed by atoms with Crippen molar-refractivity contribution in [3.63, 3.8) is 0 Å². The van der Waals surface area contributed by atoms with Gasteiger partial charge in [0, 0.05) is 22.7 Å². The highest BCUT2D eigenvalue weighted by molar-refractivity contribution is 6.30. The van der Waals surface area contributed by atoms with Crippen molar-refractivity contribution in [1.29, 1.82) is 0 Å². The fourth-order valence-electron chi connectivity index (χ4n) is 2.60. The number of nitrogens with two attached hydrogens (primary N) is 1. The van der Waals surface area contributed by atoms with E-state index in [4.69, 9.17) is 22.1 Å². The zero-order chi connectivity index (χ0) is 14.5. The number of carbonyl (C=O) groups is 1. The summed E-state index contributed by atoms with van der Waals surface area (Å²) in [5.74, 6) is 0.696. The SMILES string of the molecule is COc1ccc(Cl)cc1CC(=O)NC1CCC(N)CC1.Cl. The van der Waals surface area contributed by atoms with Gasteiger partial charge in [0.05, 0.1) is 13.5 Å². The third-order valence-electron chi connectivity index (χ3n) is 3.73. The minimum absolute atomic E-state index is 0. The molecule has 0 unspecified atom stereocenters. The first-order valence-electron chi connectivity index (χ1n) is 6.96. The molecule has 0 heterocycles. The smallest absolute Gasteiger partial charge is 0.224 e. The van der Waals surface area contributed by atoms with E-state index in [2.05, 4.69) is 5.32 Å². The molecule has 4 nitrogen and oxygen atoms in total. The molecule has 0 spiro atoms. The number of hydrogen-bond acceptors (Lipinski definition) is 3. The van der Waals surface area contributed by atoms with Crippen LogP contribution < -0.4 is 15.8 Å². The van der Waals surface area contributed by atoms with Crippen LogP contribution in [-0.4, -0.2) is 25.1 Å². The highest BCUT2D eigenvalue weighted by atomic mass is 35.5. The Morgan fingerprint density at radius 3 is 2.67 bits per heavy atom. The van der Waals surface area contributed by atoms with Crippen LogP contribution in [0, 0.1) is 0 Å². The summed E-state index contributed by atoms with van der Waals surface area (Å²) in [5, 5.41) is 3.67. The van der Waals surface area contributed by atoms with E-state index in [1.54, 1.807) is 25.3 Å². The number of methoxy groups -OCH3 is 1. The van der Waals surface area contributed by atoms with Gasteiger partial charge in [-0.15, -0.1) is 12.4 Å². The van der Waals surface area contributed by atoms with Crippen molar-refractivity contribution in [2.24, 2.45) is 5.73 Å². The van der Waals surface area contributed by atoms with Crippen molar-refractivity contribution < 1.29 is 9.53 Å². The Labute approximate surface area is 136 Å². The number of amides is 1. The molecule has 1 aliphatic rings. The Balaban J connectivity index is 0.00000220. The number of rotatable bonds is 4. The van der Waals surface area contributed by atoms with Gasteiger partial charge in [-0.1, -0.05) is 11.6 Å². The topological polar surface area (TPSA) is 64.3 Å². The summed E-state index contributed by atoms with van der Waals surface area (Å²) in [5.41, 5.74) is 6.67. The lowest BCUT2D eigenvalue weighted by molar-refractivity contribution is -0.121. The Morgan fingerprint density at radius 1 is 1.38 bits per heavy atom. The van der Waals surface area contributed by atoms with Crippen LogP contribution in [0.4, 0.5) is 0 Å². The monoisotopic (exact) mass is 332 g/mol. The fraction of sp³-hybridized carbons (Fsp3) is 0.533. The number of benzene rings is 1. The summed E-state index contributed by atoms with van der Waals surface area (Å²) in [6.07, 6.45) is 4.16. The minimum atomic E-state index is 0. The maximum atomic E-state index is 12.1. The Kier molecular flexibility index (Phi) is 7.29. The lowest BCUT2D eigenvalue weighted by Crippen LogP contribution is -2.41. The first kappa shape index (κ1) is 18.1. The number of hydrogen-bond donors (Lipinski definition) is 2. The van der Waals surface area contributed by atoms with Gasteiger partial charge in [-0.3, -0.25) is 4.79 Å². The molecule has 0 atom stereocenters. The van der Waals surface area contributed by atoms with Crippen LogP contribution in [0.2, 0.25) is 5.02 Å². The van der Waals surface area contributed by atoms with Crippen LogP contribution in [0.15, 0.2) is 18.2 Å². The number of carbonyl (C=O) groups excluding carboxylic acids is 1. The predicted octanol–water partition coefficient (Wildman–Crippen LogP) is 2.70. The van der Waals surface area contributed by atoms with Crippen molar-refractivity contribution in [2.45, 2.75) is 44.2 Å². The molecule has 6 heteroatoms. The van der Waals surface area contributed by atoms with Crippen LogP contribution >= 0.6 is 24.0 Å². The largest absolute Gasteiger partial charge is 0.496 e. The summed E-state index contributed by atoms with van der Waals surface area (Å²) >= 11 is 5.96. The van der Waals surface area contributed by atoms with Gasteiger partial charge in [-0.2, -0.15) is 0 Å². The van der Waals surface area contributed by atoms with Crippen LogP contribution in [0.1, 0.15) is 31.2 Å². The summed E-state index contributed by atoms with van der Waals surface area (Å²) < 4.78 is 5.25. The van der Waals surface area contributed by atoms with Gasteiger partial charge >= 0.3 is 0 Å². The second kappa shape index (κ2) is 8.47. The molecular weight excluding hydrogens is 311 g/mol. The van der Waals surface area contributed by atoms with E-state index >= 15 is 0 Å². The highest BCUT2D eigenvalue weighted by Gasteiger charge is 2.20. The molecule has 0 saturated heterocycles. The molecule has 1 aromatic rings. The lowest BCUT2D eigenvalue weighted by atomic mass is 9.91. The van der Waals surface area contributed by atoms with Gasteiger partial charge in [0.1, 0.15) is 5.75 Å². The average molecular weight is 333 g/mol. The quantitative estimate of drug-likeness (QED) is 0.890. The molecule has 1 amide bonds. The molecule has 3 N–H and O–H groups in total. The van der Waals surface area contributed by atoms with Gasteiger partial charge in [0.25, 0.3) is 0 Å². The molecule has 1 saturated carbocycles. The van der Waals surface area contributed by atoms with Crippen molar-refractivity contribution in [3.8, 4) is 5.75 Å². The standard InChI is InChI=1S/C15H21ClN2O2.ClH/c1-20-14-7-2-11(16)8-10(14)9-15(19)18-13-5-3-12(17)4-6-13;/h2,7-8,12-13H,3-6,9,17H2,1H3,(H,18,19);1H. The van der Waals surface area contributed by atoms with Crippen molar-refractivity contribution in [2.75, 3.05) is 7.11 Å². The minimum Gasteiger partial charge on any atom is -0.496 e. The van der Waals surface area contributed by atoms with E-state index in [9.17, 15) is 4.79 Å². The van der Waals surface area contributed by atoms with Crippen LogP contribution in [0.25, 0.3) is 0 Å². The van der Waals surface area contributed by atoms with E-state index < -0.39 is 0 Å². The molecule has 2 rings (SSSR count). The first-order chi connectivity index (χ1) is 9.58. The normalized spacial score (nSPS) is 21.3. The van der Waals surface area contributed by atoms with Crippen molar-refractivity contribution in [3.05, 3.63) is 28.8 Å². The lowest BCUT2D eigenvalue weighted by Gasteiger charge is -2.26. The zero-order valence-corrected chi connectivity index (χ0v) is 13.7. The molecule has 1 aromatic carbocycles. The molecule has 1 aliphatic carbocycles. The third kappa shape index (κ3) is 5.38. The molecule has 118 valence electrons. The van der Waals surface area contributed by atoms with Gasteiger partial charge in [0.15, 0.2) is 0 Å². The van der Waals surface area contributed by atoms with Crippen molar-refractivity contribution >= 4 is 29.9 Å². The molecular formula is C15H22Cl2N2O2. The van der Waals surface area contributed by atoms with Crippen LogP contribution in [0.3, 0.4) is 0 Å². The summed E-state index contributed by atoms with van der Waals surface area (Å²) in [7, 11) is 1.59. The second-order valence-corrected chi connectivity index (χ2v) is 5.75. The summed E-state index contributed by atoms with van der Waals surface area (Å²) in [4.78, 5) is 12.1. The maximum absolute atomic E-state index is 12.1. The molecule has 0 radical (unpaired) electrons. The number of nitrogens with one attached hydrogen (secondary N) is 1. The highest BCUT2D eigenvalue weighted by Crippen LogP contribution is 2.23. The van der Waals surface area contributed by atoms with Crippen LogP contribution in [0.5, 0.6) is 5.75 Å². The van der Waals surface area contributed by atoms with Gasteiger partial charge in [-0.25, -0.2) is 0 Å². The molecule has 21 heavy (non-hydrogen) atoms. The van der Waals surface area contributed by atoms with Gasteiger partial charge < -0.3 is 15.8 Å².